The Hall–Kier alpha value is -2.89. The SMILES string of the molecule is COc1cc(/C=N/NC(=O)Cc2ccc(F)cc2)ccc1OCCC(C)C. The summed E-state index contributed by atoms with van der Waals surface area (Å²) < 4.78 is 24.0. The Labute approximate surface area is 159 Å². The Morgan fingerprint density at radius 3 is 2.59 bits per heavy atom. The molecule has 1 N–H and O–H groups in total. The predicted octanol–water partition coefficient (Wildman–Crippen LogP) is 3.95. The normalized spacial score (nSPS) is 11.0. The third kappa shape index (κ3) is 7.09. The Bertz CT molecular complexity index is 773. The van der Waals surface area contributed by atoms with Gasteiger partial charge in [0.1, 0.15) is 5.82 Å². The largest absolute Gasteiger partial charge is 0.493 e. The van der Waals surface area contributed by atoms with Crippen LogP contribution < -0.4 is 14.9 Å². The molecule has 6 heteroatoms. The van der Waals surface area contributed by atoms with E-state index in [1.54, 1.807) is 25.3 Å². The molecule has 1 amide bonds. The second-order valence-electron chi connectivity index (χ2n) is 6.54. The Morgan fingerprint density at radius 1 is 1.19 bits per heavy atom. The van der Waals surface area contributed by atoms with Crippen LogP contribution in [0.5, 0.6) is 11.5 Å². The van der Waals surface area contributed by atoms with Crippen LogP contribution in [0.1, 0.15) is 31.4 Å². The zero-order valence-electron chi connectivity index (χ0n) is 15.9. The standard InChI is InChI=1S/C21H25FN2O3/c1-15(2)10-11-27-19-9-6-17(12-20(19)26-3)14-23-24-21(25)13-16-4-7-18(22)8-5-16/h4-9,12,14-15H,10-11,13H2,1-3H3,(H,24,25)/b23-14+. The molecule has 5 nitrogen and oxygen atoms in total. The molecule has 0 saturated heterocycles. The number of benzene rings is 2. The summed E-state index contributed by atoms with van der Waals surface area (Å²) in [7, 11) is 1.58. The molecule has 0 aliphatic rings. The maximum absolute atomic E-state index is 12.9. The van der Waals surface area contributed by atoms with E-state index in [1.807, 2.05) is 12.1 Å². The molecular weight excluding hydrogens is 347 g/mol. The van der Waals surface area contributed by atoms with Gasteiger partial charge < -0.3 is 9.47 Å². The summed E-state index contributed by atoms with van der Waals surface area (Å²) in [5.41, 5.74) is 3.94. The first-order valence-corrected chi connectivity index (χ1v) is 8.85. The molecule has 0 aliphatic heterocycles. The topological polar surface area (TPSA) is 59.9 Å². The predicted molar refractivity (Wildman–Crippen MR) is 104 cm³/mol. The van der Waals surface area contributed by atoms with Gasteiger partial charge in [0.15, 0.2) is 11.5 Å². The van der Waals surface area contributed by atoms with Gasteiger partial charge in [0.25, 0.3) is 0 Å². The van der Waals surface area contributed by atoms with E-state index in [-0.39, 0.29) is 18.1 Å². The lowest BCUT2D eigenvalue weighted by Gasteiger charge is -2.12. The van der Waals surface area contributed by atoms with Crippen molar-refractivity contribution in [3.8, 4) is 11.5 Å². The van der Waals surface area contributed by atoms with Crippen molar-refractivity contribution in [1.29, 1.82) is 0 Å². The lowest BCUT2D eigenvalue weighted by molar-refractivity contribution is -0.120. The second-order valence-corrected chi connectivity index (χ2v) is 6.54. The lowest BCUT2D eigenvalue weighted by Crippen LogP contribution is -2.19. The van der Waals surface area contributed by atoms with Gasteiger partial charge in [-0.15, -0.1) is 0 Å². The summed E-state index contributed by atoms with van der Waals surface area (Å²) in [5, 5.41) is 3.95. The fourth-order valence-corrected chi connectivity index (χ4v) is 2.29. The molecule has 0 unspecified atom stereocenters. The van der Waals surface area contributed by atoms with Crippen LogP contribution in [0.25, 0.3) is 0 Å². The maximum Gasteiger partial charge on any atom is 0.244 e. The van der Waals surface area contributed by atoms with E-state index in [0.717, 1.165) is 12.0 Å². The van der Waals surface area contributed by atoms with Gasteiger partial charge in [0, 0.05) is 0 Å². The van der Waals surface area contributed by atoms with E-state index in [1.165, 1.54) is 18.3 Å². The Kier molecular flexibility index (Phi) is 7.79. The van der Waals surface area contributed by atoms with Gasteiger partial charge in [-0.3, -0.25) is 4.79 Å². The Morgan fingerprint density at radius 2 is 1.93 bits per heavy atom. The van der Waals surface area contributed by atoms with Crippen LogP contribution in [0.4, 0.5) is 4.39 Å². The summed E-state index contributed by atoms with van der Waals surface area (Å²) in [6.07, 6.45) is 2.62. The van der Waals surface area contributed by atoms with Gasteiger partial charge in [-0.25, -0.2) is 9.82 Å². The number of hydrazone groups is 1. The van der Waals surface area contributed by atoms with Crippen LogP contribution >= 0.6 is 0 Å². The zero-order valence-corrected chi connectivity index (χ0v) is 15.9. The second kappa shape index (κ2) is 10.3. The van der Waals surface area contributed by atoms with Crippen molar-refractivity contribution >= 4 is 12.1 Å². The number of carbonyl (C=O) groups excluding carboxylic acids is 1. The summed E-state index contributed by atoms with van der Waals surface area (Å²) >= 11 is 0. The molecule has 0 bridgehead atoms. The summed E-state index contributed by atoms with van der Waals surface area (Å²) in [6.45, 7) is 4.91. The molecule has 144 valence electrons. The molecular formula is C21H25FN2O3. The van der Waals surface area contributed by atoms with Crippen LogP contribution in [0, 0.1) is 11.7 Å². The van der Waals surface area contributed by atoms with E-state index >= 15 is 0 Å². The van der Waals surface area contributed by atoms with E-state index in [0.29, 0.717) is 29.6 Å². The first-order chi connectivity index (χ1) is 13.0. The lowest BCUT2D eigenvalue weighted by atomic mass is 10.1. The van der Waals surface area contributed by atoms with Crippen molar-refractivity contribution in [1.82, 2.24) is 5.43 Å². The average Bonchev–Trinajstić information content (AvgIpc) is 2.64. The Balaban J connectivity index is 1.89. The van der Waals surface area contributed by atoms with Crippen molar-refractivity contribution < 1.29 is 18.7 Å². The van der Waals surface area contributed by atoms with Gasteiger partial charge in [-0.2, -0.15) is 5.10 Å². The number of nitrogens with one attached hydrogen (secondary N) is 1. The van der Waals surface area contributed by atoms with Gasteiger partial charge in [-0.05, 0) is 53.8 Å². The number of ether oxygens (including phenoxy) is 2. The average molecular weight is 372 g/mol. The monoisotopic (exact) mass is 372 g/mol. The molecule has 0 aliphatic carbocycles. The molecule has 0 heterocycles. The summed E-state index contributed by atoms with van der Waals surface area (Å²) in [4.78, 5) is 11.9. The highest BCUT2D eigenvalue weighted by Gasteiger charge is 2.06. The van der Waals surface area contributed by atoms with Gasteiger partial charge in [-0.1, -0.05) is 26.0 Å². The van der Waals surface area contributed by atoms with E-state index in [2.05, 4.69) is 24.4 Å². The van der Waals surface area contributed by atoms with Crippen molar-refractivity contribution in [2.75, 3.05) is 13.7 Å². The van der Waals surface area contributed by atoms with E-state index in [9.17, 15) is 9.18 Å². The van der Waals surface area contributed by atoms with Crippen LogP contribution in [-0.2, 0) is 11.2 Å². The maximum atomic E-state index is 12.9. The number of rotatable bonds is 9. The fourth-order valence-electron chi connectivity index (χ4n) is 2.29. The summed E-state index contributed by atoms with van der Waals surface area (Å²) in [5.74, 6) is 1.25. The van der Waals surface area contributed by atoms with Crippen LogP contribution in [0.15, 0.2) is 47.6 Å². The molecule has 0 saturated carbocycles. The van der Waals surface area contributed by atoms with E-state index < -0.39 is 0 Å². The highest BCUT2D eigenvalue weighted by atomic mass is 19.1. The van der Waals surface area contributed by atoms with Crippen LogP contribution in [0.3, 0.4) is 0 Å². The van der Waals surface area contributed by atoms with Gasteiger partial charge >= 0.3 is 0 Å². The number of methoxy groups -OCH3 is 1. The van der Waals surface area contributed by atoms with E-state index in [4.69, 9.17) is 9.47 Å². The first-order valence-electron chi connectivity index (χ1n) is 8.85. The molecule has 0 spiro atoms. The molecule has 0 radical (unpaired) electrons. The van der Waals surface area contributed by atoms with Crippen LogP contribution in [-0.4, -0.2) is 25.8 Å². The van der Waals surface area contributed by atoms with Crippen molar-refractivity contribution in [2.24, 2.45) is 11.0 Å². The highest BCUT2D eigenvalue weighted by molar-refractivity contribution is 5.84. The van der Waals surface area contributed by atoms with Gasteiger partial charge in [0.05, 0.1) is 26.4 Å². The van der Waals surface area contributed by atoms with Gasteiger partial charge in [0.2, 0.25) is 5.91 Å². The molecule has 2 rings (SSSR count). The molecule has 2 aromatic carbocycles. The summed E-state index contributed by atoms with van der Waals surface area (Å²) in [6, 6.07) is 11.2. The van der Waals surface area contributed by atoms with Crippen molar-refractivity contribution in [3.05, 3.63) is 59.4 Å². The molecule has 27 heavy (non-hydrogen) atoms. The first kappa shape index (κ1) is 20.4. The quantitative estimate of drug-likeness (QED) is 0.536. The number of halogens is 1. The van der Waals surface area contributed by atoms with Crippen molar-refractivity contribution in [3.63, 3.8) is 0 Å². The number of hydrogen-bond acceptors (Lipinski definition) is 4. The minimum absolute atomic E-state index is 0.129. The molecule has 0 atom stereocenters. The fraction of sp³-hybridized carbons (Fsp3) is 0.333. The minimum Gasteiger partial charge on any atom is -0.493 e. The third-order valence-corrected chi connectivity index (χ3v) is 3.82. The van der Waals surface area contributed by atoms with Crippen LogP contribution in [0.2, 0.25) is 0 Å². The number of hydrogen-bond donors (Lipinski definition) is 1. The third-order valence-electron chi connectivity index (χ3n) is 3.82. The zero-order chi connectivity index (χ0) is 19.6. The molecule has 0 fully saturated rings. The molecule has 2 aromatic rings. The smallest absolute Gasteiger partial charge is 0.244 e. The highest BCUT2D eigenvalue weighted by Crippen LogP contribution is 2.27. The molecule has 0 aromatic heterocycles. The number of carbonyl (C=O) groups is 1. The number of nitrogens with zero attached hydrogens (tertiary/aromatic N) is 1. The van der Waals surface area contributed by atoms with Crippen molar-refractivity contribution in [2.45, 2.75) is 26.7 Å². The minimum atomic E-state index is -0.331. The number of amides is 1.